The van der Waals surface area contributed by atoms with Crippen LogP contribution in [0.5, 0.6) is 0 Å². The maximum Gasteiger partial charge on any atom is 0.320 e. The third-order valence-electron chi connectivity index (χ3n) is 3.50. The summed E-state index contributed by atoms with van der Waals surface area (Å²) in [5.41, 5.74) is 3.17. The number of rotatable bonds is 6. The number of amides is 1. The van der Waals surface area contributed by atoms with Gasteiger partial charge in [0.2, 0.25) is 5.69 Å². The molecule has 0 saturated heterocycles. The molecule has 0 radical (unpaired) electrons. The first-order valence-corrected chi connectivity index (χ1v) is 8.52. The number of aromatic nitrogens is 3. The second kappa shape index (κ2) is 8.32. The van der Waals surface area contributed by atoms with E-state index < -0.39 is 10.8 Å². The van der Waals surface area contributed by atoms with Gasteiger partial charge in [0.25, 0.3) is 5.91 Å². The lowest BCUT2D eigenvalue weighted by molar-refractivity contribution is -0.385. The highest BCUT2D eigenvalue weighted by Crippen LogP contribution is 2.18. The summed E-state index contributed by atoms with van der Waals surface area (Å²) in [4.78, 5) is 26.7. The molecule has 9 nitrogen and oxygen atoms in total. The van der Waals surface area contributed by atoms with Crippen LogP contribution in [0.15, 0.2) is 64.6 Å². The number of carbonyl (C=O) groups is 1. The van der Waals surface area contributed by atoms with Gasteiger partial charge in [0.05, 0.1) is 17.7 Å². The van der Waals surface area contributed by atoms with Crippen molar-refractivity contribution >= 4 is 33.7 Å². The summed E-state index contributed by atoms with van der Waals surface area (Å²) >= 11 is 3.34. The predicted octanol–water partition coefficient (Wildman–Crippen LogP) is 2.76. The minimum absolute atomic E-state index is 0.293. The van der Waals surface area contributed by atoms with Gasteiger partial charge in [-0.05, 0) is 35.4 Å². The Morgan fingerprint density at radius 3 is 2.63 bits per heavy atom. The van der Waals surface area contributed by atoms with Crippen LogP contribution < -0.4 is 5.43 Å². The second-order valence-electron chi connectivity index (χ2n) is 5.42. The van der Waals surface area contributed by atoms with Crippen molar-refractivity contribution in [3.63, 3.8) is 0 Å². The number of hydrogen-bond acceptors (Lipinski definition) is 6. The van der Waals surface area contributed by atoms with E-state index in [1.54, 1.807) is 24.5 Å². The van der Waals surface area contributed by atoms with E-state index in [0.717, 1.165) is 15.6 Å². The molecule has 2 aromatic heterocycles. The highest BCUT2D eigenvalue weighted by molar-refractivity contribution is 9.10. The van der Waals surface area contributed by atoms with Crippen molar-refractivity contribution in [1.29, 1.82) is 0 Å². The lowest BCUT2D eigenvalue weighted by Gasteiger charge is -2.01. The topological polar surface area (TPSA) is 115 Å². The molecule has 0 unspecified atom stereocenters. The number of carbonyl (C=O) groups excluding carboxylic acids is 1. The Morgan fingerprint density at radius 1 is 1.26 bits per heavy atom. The molecular formula is C17H13BrN6O3. The van der Waals surface area contributed by atoms with E-state index in [-0.39, 0.29) is 11.4 Å². The number of nitro groups is 1. The third-order valence-corrected chi connectivity index (χ3v) is 4.03. The van der Waals surface area contributed by atoms with Crippen LogP contribution in [0.25, 0.3) is 0 Å². The van der Waals surface area contributed by atoms with Crippen LogP contribution in [-0.2, 0) is 6.54 Å². The first-order chi connectivity index (χ1) is 13.0. The van der Waals surface area contributed by atoms with Gasteiger partial charge in [0, 0.05) is 16.9 Å². The maximum atomic E-state index is 12.2. The van der Waals surface area contributed by atoms with E-state index in [2.05, 4.69) is 36.5 Å². The van der Waals surface area contributed by atoms with Crippen molar-refractivity contribution in [1.82, 2.24) is 20.2 Å². The Bertz CT molecular complexity index is 986. The zero-order chi connectivity index (χ0) is 19.2. The summed E-state index contributed by atoms with van der Waals surface area (Å²) in [6.07, 6.45) is 5.80. The average molecular weight is 429 g/mol. The molecule has 136 valence electrons. The van der Waals surface area contributed by atoms with Crippen LogP contribution in [0.2, 0.25) is 0 Å². The van der Waals surface area contributed by atoms with Gasteiger partial charge in [-0.1, -0.05) is 28.1 Å². The van der Waals surface area contributed by atoms with E-state index in [1.807, 2.05) is 24.3 Å². The summed E-state index contributed by atoms with van der Waals surface area (Å²) in [7, 11) is 0. The minimum Gasteiger partial charge on any atom is -0.265 e. The monoisotopic (exact) mass is 428 g/mol. The fourth-order valence-corrected chi connectivity index (χ4v) is 2.50. The zero-order valence-electron chi connectivity index (χ0n) is 13.8. The van der Waals surface area contributed by atoms with Crippen molar-refractivity contribution in [2.45, 2.75) is 6.54 Å². The lowest BCUT2D eigenvalue weighted by atomic mass is 10.2. The SMILES string of the molecule is O=C(NN=Cc1ccncc1)c1nn(Cc2ccc(Br)cc2)cc1[N+](=O)[O-]. The minimum atomic E-state index is -0.762. The molecule has 0 aliphatic carbocycles. The van der Waals surface area contributed by atoms with Gasteiger partial charge in [0.15, 0.2) is 0 Å². The molecule has 3 rings (SSSR count). The van der Waals surface area contributed by atoms with Gasteiger partial charge in [-0.25, -0.2) is 5.43 Å². The smallest absolute Gasteiger partial charge is 0.265 e. The summed E-state index contributed by atoms with van der Waals surface area (Å²) in [5, 5.41) is 19.1. The highest BCUT2D eigenvalue weighted by Gasteiger charge is 2.25. The van der Waals surface area contributed by atoms with Crippen LogP contribution in [0.3, 0.4) is 0 Å². The molecule has 10 heteroatoms. The van der Waals surface area contributed by atoms with Crippen LogP contribution >= 0.6 is 15.9 Å². The van der Waals surface area contributed by atoms with Crippen molar-refractivity contribution in [3.05, 3.63) is 86.4 Å². The van der Waals surface area contributed by atoms with Gasteiger partial charge < -0.3 is 0 Å². The molecule has 0 atom stereocenters. The molecular weight excluding hydrogens is 416 g/mol. The summed E-state index contributed by atoms with van der Waals surface area (Å²) < 4.78 is 2.27. The standard InChI is InChI=1S/C17H13BrN6O3/c18-14-3-1-13(2-4-14)10-23-11-15(24(26)27)16(22-23)17(25)21-20-9-12-5-7-19-8-6-12/h1-9,11H,10H2,(H,21,25). The molecule has 3 aromatic rings. The van der Waals surface area contributed by atoms with E-state index >= 15 is 0 Å². The largest absolute Gasteiger partial charge is 0.320 e. The van der Waals surface area contributed by atoms with Gasteiger partial charge in [0.1, 0.15) is 6.20 Å². The summed E-state index contributed by atoms with van der Waals surface area (Å²) in [6.45, 7) is 0.293. The Balaban J connectivity index is 1.76. The van der Waals surface area contributed by atoms with Gasteiger partial charge in [-0.3, -0.25) is 24.6 Å². The highest BCUT2D eigenvalue weighted by atomic mass is 79.9. The molecule has 0 aliphatic rings. The zero-order valence-corrected chi connectivity index (χ0v) is 15.4. The normalized spacial score (nSPS) is 10.9. The quantitative estimate of drug-likeness (QED) is 0.368. The number of nitrogens with zero attached hydrogens (tertiary/aromatic N) is 5. The van der Waals surface area contributed by atoms with Gasteiger partial charge >= 0.3 is 5.69 Å². The number of hydrogen-bond donors (Lipinski definition) is 1. The third kappa shape index (κ3) is 4.82. The number of halogens is 1. The van der Waals surface area contributed by atoms with E-state index in [9.17, 15) is 14.9 Å². The van der Waals surface area contributed by atoms with Crippen LogP contribution in [-0.4, -0.2) is 31.8 Å². The van der Waals surface area contributed by atoms with Crippen molar-refractivity contribution in [3.8, 4) is 0 Å². The second-order valence-corrected chi connectivity index (χ2v) is 6.34. The Kier molecular flexibility index (Phi) is 5.67. The molecule has 0 aliphatic heterocycles. The molecule has 0 spiro atoms. The van der Waals surface area contributed by atoms with Crippen molar-refractivity contribution in [2.24, 2.45) is 5.10 Å². The van der Waals surface area contributed by atoms with E-state index in [0.29, 0.717) is 6.54 Å². The molecule has 1 aromatic carbocycles. The first kappa shape index (κ1) is 18.4. The predicted molar refractivity (Wildman–Crippen MR) is 101 cm³/mol. The molecule has 27 heavy (non-hydrogen) atoms. The maximum absolute atomic E-state index is 12.2. The van der Waals surface area contributed by atoms with Crippen LogP contribution in [0.4, 0.5) is 5.69 Å². The van der Waals surface area contributed by atoms with Gasteiger partial charge in [-0.15, -0.1) is 0 Å². The number of hydrazone groups is 1. The lowest BCUT2D eigenvalue weighted by Crippen LogP contribution is -2.19. The van der Waals surface area contributed by atoms with Crippen LogP contribution in [0, 0.1) is 10.1 Å². The molecule has 1 N–H and O–H groups in total. The van der Waals surface area contributed by atoms with E-state index in [4.69, 9.17) is 0 Å². The average Bonchev–Trinajstić information content (AvgIpc) is 3.09. The number of benzene rings is 1. The summed E-state index contributed by atoms with van der Waals surface area (Å²) in [5.74, 6) is -0.762. The molecule has 0 bridgehead atoms. The fraction of sp³-hybridized carbons (Fsp3) is 0.0588. The molecule has 0 saturated carbocycles. The van der Waals surface area contributed by atoms with Gasteiger partial charge in [-0.2, -0.15) is 10.2 Å². The Labute approximate surface area is 162 Å². The number of pyridine rings is 1. The van der Waals surface area contributed by atoms with Crippen molar-refractivity contribution in [2.75, 3.05) is 0 Å². The number of nitrogens with one attached hydrogen (secondary N) is 1. The van der Waals surface area contributed by atoms with Crippen molar-refractivity contribution < 1.29 is 9.72 Å². The summed E-state index contributed by atoms with van der Waals surface area (Å²) in [6, 6.07) is 10.8. The van der Waals surface area contributed by atoms with E-state index in [1.165, 1.54) is 17.1 Å². The molecule has 0 fully saturated rings. The van der Waals surface area contributed by atoms with Crippen LogP contribution in [0.1, 0.15) is 21.6 Å². The first-order valence-electron chi connectivity index (χ1n) is 7.72. The Hall–Kier alpha value is -3.40. The molecule has 1 amide bonds. The fourth-order valence-electron chi connectivity index (χ4n) is 2.23. The Morgan fingerprint density at radius 2 is 1.96 bits per heavy atom. The molecule has 2 heterocycles.